The summed E-state index contributed by atoms with van der Waals surface area (Å²) in [6.45, 7) is 2.39. The Balaban J connectivity index is 0.00000192. The summed E-state index contributed by atoms with van der Waals surface area (Å²) >= 11 is 1.31. The second-order valence-electron chi connectivity index (χ2n) is 5.09. The summed E-state index contributed by atoms with van der Waals surface area (Å²) in [7, 11) is 0. The molecule has 1 fully saturated rings. The summed E-state index contributed by atoms with van der Waals surface area (Å²) < 4.78 is 55.6. The Morgan fingerprint density at radius 2 is 1.65 bits per heavy atom. The lowest BCUT2D eigenvalue weighted by atomic mass is 10.0. The van der Waals surface area contributed by atoms with Crippen molar-refractivity contribution < 1.29 is 17.6 Å². The molecule has 0 unspecified atom stereocenters. The van der Waals surface area contributed by atoms with Gasteiger partial charge in [-0.15, -0.1) is 23.7 Å². The predicted octanol–water partition coefficient (Wildman–Crippen LogP) is 3.72. The summed E-state index contributed by atoms with van der Waals surface area (Å²) in [5.74, 6) is -5.39. The van der Waals surface area contributed by atoms with Gasteiger partial charge < -0.3 is 5.32 Å². The monoisotopic (exact) mass is 366 g/mol. The number of piperazine rings is 1. The third-order valence-corrected chi connectivity index (χ3v) is 4.67. The number of thiophene rings is 1. The van der Waals surface area contributed by atoms with Gasteiger partial charge in [0.1, 0.15) is 0 Å². The molecule has 0 aliphatic carbocycles. The maximum absolute atomic E-state index is 14.2. The molecule has 126 valence electrons. The summed E-state index contributed by atoms with van der Waals surface area (Å²) in [6.07, 6.45) is 0. The van der Waals surface area contributed by atoms with Crippen molar-refractivity contribution in [3.05, 3.63) is 57.3 Å². The van der Waals surface area contributed by atoms with Gasteiger partial charge in [0.2, 0.25) is 0 Å². The second-order valence-corrected chi connectivity index (χ2v) is 6.07. The Kier molecular flexibility index (Phi) is 6.02. The zero-order valence-electron chi connectivity index (χ0n) is 12.0. The topological polar surface area (TPSA) is 15.3 Å². The number of hydrogen-bond acceptors (Lipinski definition) is 3. The first-order chi connectivity index (χ1) is 10.6. The van der Waals surface area contributed by atoms with Crippen LogP contribution in [0, 0.1) is 23.3 Å². The van der Waals surface area contributed by atoms with Crippen LogP contribution in [0.3, 0.4) is 0 Å². The van der Waals surface area contributed by atoms with Gasteiger partial charge >= 0.3 is 0 Å². The molecule has 0 spiro atoms. The van der Waals surface area contributed by atoms with Crippen LogP contribution in [0.5, 0.6) is 0 Å². The standard InChI is InChI=1S/C15H14F4N2S.ClH/c16-9-8-10(17)14(19)12(13(9)18)15(11-2-1-7-22-11)21-5-3-20-4-6-21;/h1-2,7-8,15,20H,3-6H2;1H/t15-;/m1./s1. The van der Waals surface area contributed by atoms with Gasteiger partial charge in [0, 0.05) is 37.1 Å². The first-order valence-electron chi connectivity index (χ1n) is 6.90. The Morgan fingerprint density at radius 1 is 1.04 bits per heavy atom. The highest BCUT2D eigenvalue weighted by Crippen LogP contribution is 2.36. The maximum Gasteiger partial charge on any atom is 0.167 e. The minimum absolute atomic E-state index is 0. The molecule has 8 heteroatoms. The van der Waals surface area contributed by atoms with Crippen LogP contribution < -0.4 is 5.32 Å². The number of rotatable bonds is 3. The number of benzene rings is 1. The van der Waals surface area contributed by atoms with Crippen LogP contribution in [0.1, 0.15) is 16.5 Å². The van der Waals surface area contributed by atoms with Crippen molar-refractivity contribution in [2.75, 3.05) is 26.2 Å². The molecular weight excluding hydrogens is 352 g/mol. The second kappa shape index (κ2) is 7.61. The van der Waals surface area contributed by atoms with Crippen molar-refractivity contribution in [3.8, 4) is 0 Å². The minimum atomic E-state index is -1.37. The van der Waals surface area contributed by atoms with Crippen LogP contribution in [0.4, 0.5) is 17.6 Å². The van der Waals surface area contributed by atoms with Crippen molar-refractivity contribution in [2.45, 2.75) is 6.04 Å². The van der Waals surface area contributed by atoms with Gasteiger partial charge in [-0.1, -0.05) is 6.07 Å². The van der Waals surface area contributed by atoms with Crippen LogP contribution in [0.2, 0.25) is 0 Å². The Bertz CT molecular complexity index is 634. The average Bonchev–Trinajstić information content (AvgIpc) is 3.04. The molecule has 1 aliphatic rings. The van der Waals surface area contributed by atoms with E-state index < -0.39 is 34.9 Å². The highest BCUT2D eigenvalue weighted by atomic mass is 35.5. The molecule has 0 bridgehead atoms. The van der Waals surface area contributed by atoms with E-state index >= 15 is 0 Å². The van der Waals surface area contributed by atoms with E-state index in [1.165, 1.54) is 11.3 Å². The molecule has 3 rings (SSSR count). The van der Waals surface area contributed by atoms with E-state index in [-0.39, 0.29) is 18.5 Å². The lowest BCUT2D eigenvalue weighted by Gasteiger charge is -2.35. The minimum Gasteiger partial charge on any atom is -0.314 e. The highest BCUT2D eigenvalue weighted by molar-refractivity contribution is 7.10. The van der Waals surface area contributed by atoms with Crippen molar-refractivity contribution in [1.29, 1.82) is 0 Å². The molecule has 0 radical (unpaired) electrons. The third-order valence-electron chi connectivity index (χ3n) is 3.75. The lowest BCUT2D eigenvalue weighted by Crippen LogP contribution is -2.45. The zero-order chi connectivity index (χ0) is 15.7. The summed E-state index contributed by atoms with van der Waals surface area (Å²) in [5.41, 5.74) is -0.554. The van der Waals surface area contributed by atoms with Gasteiger partial charge in [0.25, 0.3) is 0 Å². The van der Waals surface area contributed by atoms with Crippen LogP contribution in [0.15, 0.2) is 23.6 Å². The Labute approximate surface area is 141 Å². The summed E-state index contributed by atoms with van der Waals surface area (Å²) in [5, 5.41) is 4.92. The lowest BCUT2D eigenvalue weighted by molar-refractivity contribution is 0.192. The molecule has 23 heavy (non-hydrogen) atoms. The van der Waals surface area contributed by atoms with Gasteiger partial charge in [0.05, 0.1) is 11.6 Å². The predicted molar refractivity (Wildman–Crippen MR) is 84.1 cm³/mol. The summed E-state index contributed by atoms with van der Waals surface area (Å²) in [4.78, 5) is 2.49. The molecule has 0 saturated carbocycles. The van der Waals surface area contributed by atoms with Crippen LogP contribution in [-0.2, 0) is 0 Å². The number of halogens is 5. The normalized spacial score (nSPS) is 16.9. The quantitative estimate of drug-likeness (QED) is 0.658. The van der Waals surface area contributed by atoms with Crippen LogP contribution in [-0.4, -0.2) is 31.1 Å². The molecule has 1 aromatic heterocycles. The Hall–Kier alpha value is -1.15. The molecule has 0 amide bonds. The molecule has 1 atom stereocenters. The third kappa shape index (κ3) is 3.52. The fourth-order valence-electron chi connectivity index (χ4n) is 2.72. The van der Waals surface area contributed by atoms with E-state index in [0.717, 1.165) is 0 Å². The van der Waals surface area contributed by atoms with Crippen LogP contribution >= 0.6 is 23.7 Å². The van der Waals surface area contributed by atoms with Crippen LogP contribution in [0.25, 0.3) is 0 Å². The molecule has 1 N–H and O–H groups in total. The van der Waals surface area contributed by atoms with Gasteiger partial charge in [-0.05, 0) is 11.4 Å². The molecule has 1 aliphatic heterocycles. The molecule has 2 heterocycles. The fourth-order valence-corrected chi connectivity index (χ4v) is 3.59. The first kappa shape index (κ1) is 18.2. The molecule has 2 nitrogen and oxygen atoms in total. The average molecular weight is 367 g/mol. The van der Waals surface area contributed by atoms with E-state index in [2.05, 4.69) is 5.32 Å². The highest BCUT2D eigenvalue weighted by Gasteiger charge is 2.32. The van der Waals surface area contributed by atoms with E-state index in [1.807, 2.05) is 4.90 Å². The van der Waals surface area contributed by atoms with Crippen molar-refractivity contribution in [3.63, 3.8) is 0 Å². The molecule has 1 saturated heterocycles. The van der Waals surface area contributed by atoms with Gasteiger partial charge in [0.15, 0.2) is 23.3 Å². The van der Waals surface area contributed by atoms with E-state index in [9.17, 15) is 17.6 Å². The smallest absolute Gasteiger partial charge is 0.167 e. The van der Waals surface area contributed by atoms with Gasteiger partial charge in [-0.25, -0.2) is 17.6 Å². The largest absolute Gasteiger partial charge is 0.314 e. The van der Waals surface area contributed by atoms with Gasteiger partial charge in [-0.3, -0.25) is 4.90 Å². The SMILES string of the molecule is Cl.Fc1cc(F)c(F)c([C@@H](c2cccs2)N2CCNCC2)c1F. The van der Waals surface area contributed by atoms with Gasteiger partial charge in [-0.2, -0.15) is 0 Å². The van der Waals surface area contributed by atoms with Crippen molar-refractivity contribution >= 4 is 23.7 Å². The van der Waals surface area contributed by atoms with E-state index in [1.54, 1.807) is 17.5 Å². The number of hydrogen-bond donors (Lipinski definition) is 1. The number of nitrogens with zero attached hydrogens (tertiary/aromatic N) is 1. The maximum atomic E-state index is 14.2. The molecular formula is C15H15ClF4N2S. The van der Waals surface area contributed by atoms with E-state index in [4.69, 9.17) is 0 Å². The number of nitrogens with one attached hydrogen (secondary N) is 1. The first-order valence-corrected chi connectivity index (χ1v) is 7.78. The van der Waals surface area contributed by atoms with E-state index in [0.29, 0.717) is 31.1 Å². The summed E-state index contributed by atoms with van der Waals surface area (Å²) in [6, 6.07) is 2.89. The van der Waals surface area contributed by atoms with Crippen molar-refractivity contribution in [1.82, 2.24) is 10.2 Å². The zero-order valence-corrected chi connectivity index (χ0v) is 13.6. The fraction of sp³-hybridized carbons (Fsp3) is 0.333. The van der Waals surface area contributed by atoms with Crippen molar-refractivity contribution in [2.24, 2.45) is 0 Å². The molecule has 1 aromatic carbocycles. The molecule has 2 aromatic rings. The Morgan fingerprint density at radius 3 is 2.17 bits per heavy atom.